The van der Waals surface area contributed by atoms with Crippen LogP contribution in [0.4, 0.5) is 4.39 Å². The van der Waals surface area contributed by atoms with E-state index in [1.54, 1.807) is 25.1 Å². The first kappa shape index (κ1) is 14.5. The van der Waals surface area contributed by atoms with Crippen LogP contribution in [0.3, 0.4) is 0 Å². The van der Waals surface area contributed by atoms with Gasteiger partial charge in [-0.05, 0) is 48.7 Å². The summed E-state index contributed by atoms with van der Waals surface area (Å²) < 4.78 is 19.3. The van der Waals surface area contributed by atoms with Gasteiger partial charge in [0, 0.05) is 6.61 Å². The van der Waals surface area contributed by atoms with Gasteiger partial charge in [-0.1, -0.05) is 18.2 Å². The third kappa shape index (κ3) is 3.56. The van der Waals surface area contributed by atoms with Gasteiger partial charge in [0.25, 0.3) is 0 Å². The molecule has 20 heavy (non-hydrogen) atoms. The number of benzene rings is 2. The van der Waals surface area contributed by atoms with Crippen LogP contribution < -0.4 is 4.74 Å². The second-order valence-corrected chi connectivity index (χ2v) is 4.59. The molecule has 0 bridgehead atoms. The maximum Gasteiger partial charge on any atom is 0.166 e. The summed E-state index contributed by atoms with van der Waals surface area (Å²) in [6, 6.07) is 11.5. The maximum atomic E-state index is 13.8. The third-order valence-electron chi connectivity index (χ3n) is 2.99. The average molecular weight is 276 g/mol. The molecular formula is C16H17FO3. The number of halogens is 1. The fraction of sp³-hybridized carbons (Fsp3) is 0.250. The zero-order valence-corrected chi connectivity index (χ0v) is 11.2. The van der Waals surface area contributed by atoms with E-state index < -0.39 is 11.9 Å². The highest BCUT2D eigenvalue weighted by molar-refractivity contribution is 5.36. The number of ether oxygens (including phenoxy) is 1. The third-order valence-corrected chi connectivity index (χ3v) is 2.99. The van der Waals surface area contributed by atoms with Gasteiger partial charge in [0.1, 0.15) is 5.75 Å². The number of hydrogen-bond acceptors (Lipinski definition) is 3. The minimum absolute atomic E-state index is 0.0929. The van der Waals surface area contributed by atoms with Gasteiger partial charge in [-0.2, -0.15) is 0 Å². The predicted molar refractivity (Wildman–Crippen MR) is 74.3 cm³/mol. The molecule has 0 radical (unpaired) electrons. The molecule has 2 aromatic rings. The van der Waals surface area contributed by atoms with Crippen LogP contribution in [0.2, 0.25) is 0 Å². The lowest BCUT2D eigenvalue weighted by molar-refractivity contribution is 0.198. The van der Waals surface area contributed by atoms with Crippen molar-refractivity contribution in [3.63, 3.8) is 0 Å². The van der Waals surface area contributed by atoms with E-state index in [1.807, 2.05) is 12.1 Å². The minimum Gasteiger partial charge on any atom is -0.454 e. The van der Waals surface area contributed by atoms with Gasteiger partial charge in [0.2, 0.25) is 0 Å². The van der Waals surface area contributed by atoms with Crippen molar-refractivity contribution >= 4 is 0 Å². The van der Waals surface area contributed by atoms with Crippen molar-refractivity contribution in [1.29, 1.82) is 0 Å². The fourth-order valence-corrected chi connectivity index (χ4v) is 1.84. The molecule has 0 aromatic heterocycles. The lowest BCUT2D eigenvalue weighted by Crippen LogP contribution is -1.95. The van der Waals surface area contributed by atoms with Gasteiger partial charge < -0.3 is 14.9 Å². The van der Waals surface area contributed by atoms with Gasteiger partial charge in [0.05, 0.1) is 6.10 Å². The smallest absolute Gasteiger partial charge is 0.166 e. The quantitative estimate of drug-likeness (QED) is 0.881. The summed E-state index contributed by atoms with van der Waals surface area (Å²) in [4.78, 5) is 0. The summed E-state index contributed by atoms with van der Waals surface area (Å²) in [7, 11) is 0. The molecule has 0 spiro atoms. The first-order valence-corrected chi connectivity index (χ1v) is 6.45. The van der Waals surface area contributed by atoms with E-state index in [0.717, 1.165) is 5.56 Å². The topological polar surface area (TPSA) is 49.7 Å². The zero-order valence-electron chi connectivity index (χ0n) is 11.2. The average Bonchev–Trinajstić information content (AvgIpc) is 2.43. The number of aliphatic hydroxyl groups excluding tert-OH is 2. The van der Waals surface area contributed by atoms with Gasteiger partial charge in [-0.3, -0.25) is 0 Å². The Balaban J connectivity index is 2.13. The summed E-state index contributed by atoms with van der Waals surface area (Å²) >= 11 is 0. The summed E-state index contributed by atoms with van der Waals surface area (Å²) in [5.74, 6) is 0.127. The van der Waals surface area contributed by atoms with Crippen molar-refractivity contribution in [3.8, 4) is 11.5 Å². The Hall–Kier alpha value is -1.91. The molecule has 0 saturated carbocycles. The summed E-state index contributed by atoms with van der Waals surface area (Å²) in [6.07, 6.45) is -0.131. The van der Waals surface area contributed by atoms with Gasteiger partial charge in [-0.25, -0.2) is 4.39 Å². The molecule has 2 rings (SSSR count). The van der Waals surface area contributed by atoms with Crippen LogP contribution in [-0.2, 0) is 6.42 Å². The lowest BCUT2D eigenvalue weighted by Gasteiger charge is -2.10. The van der Waals surface area contributed by atoms with Crippen LogP contribution in [0.1, 0.15) is 24.2 Å². The van der Waals surface area contributed by atoms with Crippen LogP contribution in [0, 0.1) is 5.82 Å². The van der Waals surface area contributed by atoms with Crippen molar-refractivity contribution in [2.45, 2.75) is 19.4 Å². The number of hydrogen-bond donors (Lipinski definition) is 2. The molecule has 2 N–H and O–H groups in total. The SMILES string of the molecule is CC(O)c1ccc(Oc2ccc(CCO)cc2)c(F)c1. The number of aliphatic hydroxyl groups is 2. The van der Waals surface area contributed by atoms with E-state index in [9.17, 15) is 9.50 Å². The van der Waals surface area contributed by atoms with Crippen molar-refractivity contribution in [1.82, 2.24) is 0 Å². The Morgan fingerprint density at radius 3 is 2.40 bits per heavy atom. The summed E-state index contributed by atoms with van der Waals surface area (Å²) in [6.45, 7) is 1.67. The molecule has 0 heterocycles. The Morgan fingerprint density at radius 2 is 1.85 bits per heavy atom. The van der Waals surface area contributed by atoms with Crippen LogP contribution in [0.25, 0.3) is 0 Å². The predicted octanol–water partition coefficient (Wildman–Crippen LogP) is 3.21. The number of rotatable bonds is 5. The Morgan fingerprint density at radius 1 is 1.15 bits per heavy atom. The van der Waals surface area contributed by atoms with Gasteiger partial charge >= 0.3 is 0 Å². The summed E-state index contributed by atoms with van der Waals surface area (Å²) in [5.41, 5.74) is 1.50. The van der Waals surface area contributed by atoms with Crippen molar-refractivity contribution in [2.24, 2.45) is 0 Å². The molecule has 106 valence electrons. The normalized spacial score (nSPS) is 12.2. The minimum atomic E-state index is -0.712. The van der Waals surface area contributed by atoms with Gasteiger partial charge in [-0.15, -0.1) is 0 Å². The second kappa shape index (κ2) is 6.50. The van der Waals surface area contributed by atoms with E-state index in [1.165, 1.54) is 12.1 Å². The molecule has 3 nitrogen and oxygen atoms in total. The molecule has 1 unspecified atom stereocenters. The first-order chi connectivity index (χ1) is 9.60. The highest BCUT2D eigenvalue weighted by Gasteiger charge is 2.08. The second-order valence-electron chi connectivity index (χ2n) is 4.59. The Bertz CT molecular complexity index is 564. The largest absolute Gasteiger partial charge is 0.454 e. The van der Waals surface area contributed by atoms with Crippen molar-refractivity contribution in [3.05, 3.63) is 59.4 Å². The molecule has 0 aliphatic rings. The monoisotopic (exact) mass is 276 g/mol. The molecule has 2 aromatic carbocycles. The Kier molecular flexibility index (Phi) is 4.71. The van der Waals surface area contributed by atoms with E-state index in [2.05, 4.69) is 0 Å². The molecule has 0 amide bonds. The lowest BCUT2D eigenvalue weighted by atomic mass is 10.1. The van der Waals surface area contributed by atoms with Crippen molar-refractivity contribution < 1.29 is 19.3 Å². The standard InChI is InChI=1S/C16H17FO3/c1-11(19)13-4-7-16(15(17)10-13)20-14-5-2-12(3-6-14)8-9-18/h2-7,10-11,18-19H,8-9H2,1H3. The fourth-order valence-electron chi connectivity index (χ4n) is 1.84. The van der Waals surface area contributed by atoms with E-state index >= 15 is 0 Å². The molecule has 0 aliphatic heterocycles. The van der Waals surface area contributed by atoms with Crippen LogP contribution in [0.5, 0.6) is 11.5 Å². The van der Waals surface area contributed by atoms with Gasteiger partial charge in [0.15, 0.2) is 11.6 Å². The van der Waals surface area contributed by atoms with Crippen LogP contribution in [0.15, 0.2) is 42.5 Å². The molecule has 0 saturated heterocycles. The van der Waals surface area contributed by atoms with E-state index in [0.29, 0.717) is 17.7 Å². The molecular weight excluding hydrogens is 259 g/mol. The first-order valence-electron chi connectivity index (χ1n) is 6.45. The van der Waals surface area contributed by atoms with Crippen LogP contribution >= 0.6 is 0 Å². The highest BCUT2D eigenvalue weighted by atomic mass is 19.1. The highest BCUT2D eigenvalue weighted by Crippen LogP contribution is 2.27. The maximum absolute atomic E-state index is 13.8. The van der Waals surface area contributed by atoms with Crippen molar-refractivity contribution in [2.75, 3.05) is 6.61 Å². The molecule has 1 atom stereocenters. The van der Waals surface area contributed by atoms with E-state index in [-0.39, 0.29) is 12.4 Å². The molecule has 4 heteroatoms. The molecule has 0 aliphatic carbocycles. The Labute approximate surface area is 117 Å². The van der Waals surface area contributed by atoms with E-state index in [4.69, 9.17) is 9.84 Å². The summed E-state index contributed by atoms with van der Waals surface area (Å²) in [5, 5.41) is 18.2. The molecule has 0 fully saturated rings. The van der Waals surface area contributed by atoms with Crippen LogP contribution in [-0.4, -0.2) is 16.8 Å². The zero-order chi connectivity index (χ0) is 14.5.